The first-order valence-corrected chi connectivity index (χ1v) is 7.30. The summed E-state index contributed by atoms with van der Waals surface area (Å²) in [6, 6.07) is 0.153. The summed E-state index contributed by atoms with van der Waals surface area (Å²) in [6.45, 7) is 7.38. The molecule has 0 saturated heterocycles. The van der Waals surface area contributed by atoms with Crippen molar-refractivity contribution in [3.63, 3.8) is 0 Å². The molecular weight excluding hydrogens is 242 g/mol. The van der Waals surface area contributed by atoms with Crippen molar-refractivity contribution < 1.29 is 14.7 Å². The van der Waals surface area contributed by atoms with Crippen molar-refractivity contribution in [3.8, 4) is 0 Å². The van der Waals surface area contributed by atoms with Crippen molar-refractivity contribution >= 4 is 11.9 Å². The van der Waals surface area contributed by atoms with Crippen LogP contribution in [0.15, 0.2) is 0 Å². The molecule has 1 amide bonds. The van der Waals surface area contributed by atoms with Crippen LogP contribution in [0.1, 0.15) is 59.8 Å². The summed E-state index contributed by atoms with van der Waals surface area (Å²) >= 11 is 0. The predicted octanol–water partition coefficient (Wildman–Crippen LogP) is 2.82. The van der Waals surface area contributed by atoms with E-state index in [0.717, 1.165) is 0 Å². The van der Waals surface area contributed by atoms with Crippen molar-refractivity contribution in [2.45, 2.75) is 65.8 Å². The van der Waals surface area contributed by atoms with Gasteiger partial charge in [-0.3, -0.25) is 9.59 Å². The van der Waals surface area contributed by atoms with Gasteiger partial charge in [0, 0.05) is 12.5 Å². The van der Waals surface area contributed by atoms with Crippen molar-refractivity contribution in [2.75, 3.05) is 0 Å². The average molecular weight is 269 g/mol. The second-order valence-electron chi connectivity index (χ2n) is 6.45. The summed E-state index contributed by atoms with van der Waals surface area (Å²) < 4.78 is 0. The van der Waals surface area contributed by atoms with Crippen LogP contribution in [0.4, 0.5) is 0 Å². The minimum Gasteiger partial charge on any atom is -0.481 e. The van der Waals surface area contributed by atoms with E-state index >= 15 is 0 Å². The van der Waals surface area contributed by atoms with Crippen LogP contribution in [-0.2, 0) is 9.59 Å². The number of hydrogen-bond acceptors (Lipinski definition) is 2. The van der Waals surface area contributed by atoms with E-state index in [1.807, 2.05) is 20.8 Å². The lowest BCUT2D eigenvalue weighted by Crippen LogP contribution is -2.43. The topological polar surface area (TPSA) is 66.4 Å². The van der Waals surface area contributed by atoms with E-state index in [0.29, 0.717) is 5.92 Å². The maximum atomic E-state index is 12.1. The maximum Gasteiger partial charge on any atom is 0.310 e. The Bertz CT molecular complexity index is 334. The van der Waals surface area contributed by atoms with Crippen molar-refractivity contribution in [1.29, 1.82) is 0 Å². The summed E-state index contributed by atoms with van der Waals surface area (Å²) in [7, 11) is 0. The first-order chi connectivity index (χ1) is 8.77. The van der Waals surface area contributed by atoms with E-state index in [2.05, 4.69) is 5.32 Å². The Morgan fingerprint density at radius 1 is 1.26 bits per heavy atom. The lowest BCUT2D eigenvalue weighted by Gasteiger charge is -2.29. The van der Waals surface area contributed by atoms with Crippen LogP contribution in [0, 0.1) is 17.3 Å². The van der Waals surface area contributed by atoms with Gasteiger partial charge < -0.3 is 10.4 Å². The Hall–Kier alpha value is -1.06. The summed E-state index contributed by atoms with van der Waals surface area (Å²) in [6.07, 6.45) is 4.87. The van der Waals surface area contributed by atoms with Gasteiger partial charge in [0.15, 0.2) is 0 Å². The fourth-order valence-corrected chi connectivity index (χ4v) is 2.74. The second-order valence-corrected chi connectivity index (χ2v) is 6.45. The number of aliphatic carboxylic acids is 1. The molecule has 0 radical (unpaired) electrons. The minimum atomic E-state index is -0.987. The highest BCUT2D eigenvalue weighted by Crippen LogP contribution is 2.32. The van der Waals surface area contributed by atoms with Gasteiger partial charge in [-0.15, -0.1) is 0 Å². The quantitative estimate of drug-likeness (QED) is 0.779. The summed E-state index contributed by atoms with van der Waals surface area (Å²) in [5.74, 6) is -0.555. The maximum absolute atomic E-state index is 12.1. The molecule has 1 unspecified atom stereocenters. The lowest BCUT2D eigenvalue weighted by molar-refractivity contribution is -0.153. The molecule has 1 aliphatic rings. The number of carboxylic acid groups (broad SMARTS) is 1. The lowest BCUT2D eigenvalue weighted by atomic mass is 9.76. The van der Waals surface area contributed by atoms with Crippen molar-refractivity contribution in [1.82, 2.24) is 5.32 Å². The third-order valence-electron chi connectivity index (χ3n) is 4.79. The van der Waals surface area contributed by atoms with Gasteiger partial charge in [-0.2, -0.15) is 0 Å². The number of rotatable bonds is 6. The Morgan fingerprint density at radius 3 is 2.21 bits per heavy atom. The second kappa shape index (κ2) is 6.40. The molecule has 0 heterocycles. The number of amides is 1. The molecule has 2 N–H and O–H groups in total. The van der Waals surface area contributed by atoms with Gasteiger partial charge in [0.2, 0.25) is 5.91 Å². The van der Waals surface area contributed by atoms with Gasteiger partial charge in [0.05, 0.1) is 5.41 Å². The molecule has 4 nitrogen and oxygen atoms in total. The van der Waals surface area contributed by atoms with E-state index in [1.54, 1.807) is 6.92 Å². The zero-order valence-corrected chi connectivity index (χ0v) is 12.5. The molecule has 1 aliphatic carbocycles. The Labute approximate surface area is 116 Å². The van der Waals surface area contributed by atoms with E-state index in [-0.39, 0.29) is 24.3 Å². The molecular formula is C15H27NO3. The Kier molecular flexibility index (Phi) is 5.39. The molecule has 1 rings (SSSR count). The smallest absolute Gasteiger partial charge is 0.310 e. The van der Waals surface area contributed by atoms with E-state index < -0.39 is 11.4 Å². The molecule has 0 aromatic carbocycles. The highest BCUT2D eigenvalue weighted by atomic mass is 16.4. The zero-order chi connectivity index (χ0) is 14.6. The highest BCUT2D eigenvalue weighted by molar-refractivity contribution is 5.85. The van der Waals surface area contributed by atoms with Crippen LogP contribution in [0.2, 0.25) is 0 Å². The number of nitrogens with one attached hydrogen (secondary N) is 1. The van der Waals surface area contributed by atoms with E-state index in [4.69, 9.17) is 0 Å². The SMILES string of the molecule is CC(C)C(C)(CC(=O)N[C@@H](C)C1CCCC1)C(=O)O. The average Bonchev–Trinajstić information content (AvgIpc) is 2.81. The monoisotopic (exact) mass is 269 g/mol. The molecule has 0 aromatic heterocycles. The Balaban J connectivity index is 2.55. The normalized spacial score (nSPS) is 21.1. The van der Waals surface area contributed by atoms with Gasteiger partial charge in [-0.1, -0.05) is 26.7 Å². The van der Waals surface area contributed by atoms with Crippen molar-refractivity contribution in [3.05, 3.63) is 0 Å². The van der Waals surface area contributed by atoms with Crippen molar-refractivity contribution in [2.24, 2.45) is 17.3 Å². The third kappa shape index (κ3) is 3.95. The fourth-order valence-electron chi connectivity index (χ4n) is 2.74. The molecule has 19 heavy (non-hydrogen) atoms. The fraction of sp³-hybridized carbons (Fsp3) is 0.867. The van der Waals surface area contributed by atoms with Gasteiger partial charge in [-0.25, -0.2) is 0 Å². The first-order valence-electron chi connectivity index (χ1n) is 7.30. The molecule has 110 valence electrons. The molecule has 0 bridgehead atoms. The van der Waals surface area contributed by atoms with Gasteiger partial charge in [-0.05, 0) is 38.5 Å². The molecule has 1 fully saturated rings. The predicted molar refractivity (Wildman–Crippen MR) is 74.8 cm³/mol. The molecule has 2 atom stereocenters. The van der Waals surface area contributed by atoms with Gasteiger partial charge in [0.1, 0.15) is 0 Å². The third-order valence-corrected chi connectivity index (χ3v) is 4.79. The molecule has 4 heteroatoms. The number of hydrogen-bond donors (Lipinski definition) is 2. The van der Waals surface area contributed by atoms with Crippen LogP contribution in [0.25, 0.3) is 0 Å². The zero-order valence-electron chi connectivity index (χ0n) is 12.5. The summed E-state index contributed by atoms with van der Waals surface area (Å²) in [5.41, 5.74) is -0.987. The Morgan fingerprint density at radius 2 is 1.79 bits per heavy atom. The highest BCUT2D eigenvalue weighted by Gasteiger charge is 2.39. The largest absolute Gasteiger partial charge is 0.481 e. The van der Waals surface area contributed by atoms with E-state index in [9.17, 15) is 14.7 Å². The number of carbonyl (C=O) groups excluding carboxylic acids is 1. The minimum absolute atomic E-state index is 0.0526. The van der Waals surface area contributed by atoms with Crippen LogP contribution >= 0.6 is 0 Å². The molecule has 0 aliphatic heterocycles. The van der Waals surface area contributed by atoms with Crippen LogP contribution in [-0.4, -0.2) is 23.0 Å². The van der Waals surface area contributed by atoms with Crippen LogP contribution in [0.5, 0.6) is 0 Å². The molecule has 1 saturated carbocycles. The number of carboxylic acids is 1. The summed E-state index contributed by atoms with van der Waals surface area (Å²) in [5, 5.41) is 12.3. The number of carbonyl (C=O) groups is 2. The summed E-state index contributed by atoms with van der Waals surface area (Å²) in [4.78, 5) is 23.4. The standard InChI is InChI=1S/C15H27NO3/c1-10(2)15(4,14(18)19)9-13(17)16-11(3)12-7-5-6-8-12/h10-12H,5-9H2,1-4H3,(H,16,17)(H,18,19)/t11-,15?/m0/s1. The van der Waals surface area contributed by atoms with Crippen LogP contribution < -0.4 is 5.32 Å². The van der Waals surface area contributed by atoms with E-state index in [1.165, 1.54) is 25.7 Å². The molecule has 0 spiro atoms. The van der Waals surface area contributed by atoms with Crippen LogP contribution in [0.3, 0.4) is 0 Å². The van der Waals surface area contributed by atoms with Gasteiger partial charge >= 0.3 is 5.97 Å². The van der Waals surface area contributed by atoms with Gasteiger partial charge in [0.25, 0.3) is 0 Å². The molecule has 0 aromatic rings. The first kappa shape index (κ1) is 16.0.